The molecule has 1 atom stereocenters. The molecule has 1 unspecified atom stereocenters. The van der Waals surface area contributed by atoms with Crippen LogP contribution in [0.3, 0.4) is 0 Å². The van der Waals surface area contributed by atoms with E-state index in [1.54, 1.807) is 13.8 Å². The molecule has 58 valence electrons. The molecule has 0 rings (SSSR count). The van der Waals surface area contributed by atoms with Crippen LogP contribution in [0.25, 0.3) is 0 Å². The number of nitrogens with zero attached hydrogens (tertiary/aromatic N) is 1. The molecule has 0 aromatic rings. The van der Waals surface area contributed by atoms with Gasteiger partial charge in [0.25, 0.3) is 5.54 Å². The summed E-state index contributed by atoms with van der Waals surface area (Å²) < 4.78 is 0. The van der Waals surface area contributed by atoms with Crippen LogP contribution in [-0.4, -0.2) is 16.7 Å². The van der Waals surface area contributed by atoms with Crippen LogP contribution in [0.4, 0.5) is 0 Å². The summed E-state index contributed by atoms with van der Waals surface area (Å²) in [5.74, 6) is -0.139. The molecule has 0 fully saturated rings. The molecule has 0 heterocycles. The molecule has 0 aliphatic heterocycles. The van der Waals surface area contributed by atoms with E-state index in [4.69, 9.17) is 5.41 Å². The van der Waals surface area contributed by atoms with Gasteiger partial charge in [-0.2, -0.15) is 0 Å². The minimum absolute atomic E-state index is 0.139. The van der Waals surface area contributed by atoms with Crippen molar-refractivity contribution in [1.29, 1.82) is 5.41 Å². The second-order valence-corrected chi connectivity index (χ2v) is 2.78. The quantitative estimate of drug-likeness (QED) is 0.369. The number of hydrogen-bond acceptors (Lipinski definition) is 3. The van der Waals surface area contributed by atoms with Gasteiger partial charge < -0.3 is 5.41 Å². The highest BCUT2D eigenvalue weighted by molar-refractivity contribution is 5.64. The van der Waals surface area contributed by atoms with Gasteiger partial charge in [0.2, 0.25) is 0 Å². The molecule has 0 radical (unpaired) electrons. The molecule has 0 amide bonds. The summed E-state index contributed by atoms with van der Waals surface area (Å²) in [4.78, 5) is 9.92. The summed E-state index contributed by atoms with van der Waals surface area (Å²) in [6.45, 7) is 4.91. The Morgan fingerprint density at radius 3 is 2.10 bits per heavy atom. The molecule has 0 aliphatic carbocycles. The summed E-state index contributed by atoms with van der Waals surface area (Å²) in [6.07, 6.45) is 0.887. The van der Waals surface area contributed by atoms with Crippen LogP contribution < -0.4 is 0 Å². The fourth-order valence-electron chi connectivity index (χ4n) is 0.430. The van der Waals surface area contributed by atoms with Gasteiger partial charge in [-0.25, -0.2) is 0 Å². The Kier molecular flexibility index (Phi) is 2.51. The smallest absolute Gasteiger partial charge is 0.255 e. The van der Waals surface area contributed by atoms with Crippen molar-refractivity contribution in [1.82, 2.24) is 0 Å². The van der Waals surface area contributed by atoms with E-state index < -0.39 is 10.5 Å². The topological polar surface area (TPSA) is 67.0 Å². The molecule has 0 bridgehead atoms. The Hall–Kier alpha value is -0.930. The largest absolute Gasteiger partial charge is 0.306 e. The lowest BCUT2D eigenvalue weighted by Crippen LogP contribution is -2.41. The van der Waals surface area contributed by atoms with Crippen LogP contribution in [0.1, 0.15) is 20.8 Å². The zero-order valence-electron chi connectivity index (χ0n) is 6.42. The molecule has 0 saturated heterocycles. The Morgan fingerprint density at radius 1 is 1.70 bits per heavy atom. The molecule has 4 heteroatoms. The number of nitro groups is 1. The van der Waals surface area contributed by atoms with E-state index in [0.29, 0.717) is 0 Å². The molecule has 1 N–H and O–H groups in total. The normalized spacial score (nSPS) is 16.4. The molecular formula is C6H12N2O2. The maximum absolute atomic E-state index is 10.3. The zero-order valence-corrected chi connectivity index (χ0v) is 6.42. The first-order valence-electron chi connectivity index (χ1n) is 3.11. The highest BCUT2D eigenvalue weighted by Crippen LogP contribution is 2.16. The minimum atomic E-state index is -1.19. The zero-order chi connectivity index (χ0) is 8.36. The standard InChI is InChI=1S/C6H12N2O2/c1-5(2)6(3,4-7)8(9)10/h4-5,7H,1-3H3. The van der Waals surface area contributed by atoms with Crippen molar-refractivity contribution in [3.05, 3.63) is 10.1 Å². The predicted octanol–water partition coefficient (Wildman–Crippen LogP) is 1.33. The van der Waals surface area contributed by atoms with Gasteiger partial charge >= 0.3 is 0 Å². The van der Waals surface area contributed by atoms with E-state index in [-0.39, 0.29) is 5.92 Å². The SMILES string of the molecule is CC(C)C(C)(C=N)[N+](=O)[O-]. The van der Waals surface area contributed by atoms with E-state index >= 15 is 0 Å². The van der Waals surface area contributed by atoms with Crippen molar-refractivity contribution in [2.24, 2.45) is 5.92 Å². The molecule has 0 spiro atoms. The molecule has 10 heavy (non-hydrogen) atoms. The van der Waals surface area contributed by atoms with Crippen molar-refractivity contribution >= 4 is 6.21 Å². The van der Waals surface area contributed by atoms with Gasteiger partial charge in [0, 0.05) is 17.8 Å². The van der Waals surface area contributed by atoms with E-state index in [2.05, 4.69) is 0 Å². The van der Waals surface area contributed by atoms with Crippen LogP contribution >= 0.6 is 0 Å². The predicted molar refractivity (Wildman–Crippen MR) is 39.0 cm³/mol. The van der Waals surface area contributed by atoms with Crippen LogP contribution in [-0.2, 0) is 0 Å². The lowest BCUT2D eigenvalue weighted by molar-refractivity contribution is -0.550. The van der Waals surface area contributed by atoms with Gasteiger partial charge in [0.1, 0.15) is 0 Å². The van der Waals surface area contributed by atoms with Crippen molar-refractivity contribution < 1.29 is 4.92 Å². The third-order valence-electron chi connectivity index (χ3n) is 1.85. The maximum Gasteiger partial charge on any atom is 0.255 e. The van der Waals surface area contributed by atoms with E-state index in [1.165, 1.54) is 6.92 Å². The van der Waals surface area contributed by atoms with E-state index in [9.17, 15) is 10.1 Å². The first kappa shape index (κ1) is 9.07. The van der Waals surface area contributed by atoms with Gasteiger partial charge in [-0.1, -0.05) is 13.8 Å². The van der Waals surface area contributed by atoms with Crippen LogP contribution in [0, 0.1) is 21.4 Å². The van der Waals surface area contributed by atoms with Gasteiger partial charge in [0.15, 0.2) is 0 Å². The Balaban J connectivity index is 4.54. The highest BCUT2D eigenvalue weighted by atomic mass is 16.6. The minimum Gasteiger partial charge on any atom is -0.306 e. The first-order valence-corrected chi connectivity index (χ1v) is 3.11. The van der Waals surface area contributed by atoms with Crippen LogP contribution in [0.15, 0.2) is 0 Å². The van der Waals surface area contributed by atoms with Crippen molar-refractivity contribution in [2.75, 3.05) is 0 Å². The Morgan fingerprint density at radius 2 is 2.10 bits per heavy atom. The monoisotopic (exact) mass is 144 g/mol. The van der Waals surface area contributed by atoms with E-state index in [0.717, 1.165) is 6.21 Å². The maximum atomic E-state index is 10.3. The van der Waals surface area contributed by atoms with Crippen LogP contribution in [0.5, 0.6) is 0 Å². The lowest BCUT2D eigenvalue weighted by Gasteiger charge is -2.18. The molecule has 0 saturated carbocycles. The number of hydrogen-bond donors (Lipinski definition) is 1. The fraction of sp³-hybridized carbons (Fsp3) is 0.833. The number of rotatable bonds is 3. The second kappa shape index (κ2) is 2.77. The van der Waals surface area contributed by atoms with Crippen LogP contribution in [0.2, 0.25) is 0 Å². The third-order valence-corrected chi connectivity index (χ3v) is 1.85. The van der Waals surface area contributed by atoms with Gasteiger partial charge in [-0.3, -0.25) is 10.1 Å². The average molecular weight is 144 g/mol. The van der Waals surface area contributed by atoms with Gasteiger partial charge in [-0.15, -0.1) is 0 Å². The Bertz CT molecular complexity index is 156. The second-order valence-electron chi connectivity index (χ2n) is 2.78. The molecule has 4 nitrogen and oxygen atoms in total. The number of nitrogens with one attached hydrogen (secondary N) is 1. The highest BCUT2D eigenvalue weighted by Gasteiger charge is 2.38. The summed E-state index contributed by atoms with van der Waals surface area (Å²) in [7, 11) is 0. The summed E-state index contributed by atoms with van der Waals surface area (Å²) in [5.41, 5.74) is -1.19. The first-order chi connectivity index (χ1) is 4.45. The summed E-state index contributed by atoms with van der Waals surface area (Å²) >= 11 is 0. The van der Waals surface area contributed by atoms with Crippen molar-refractivity contribution in [2.45, 2.75) is 26.3 Å². The third kappa shape index (κ3) is 1.32. The lowest BCUT2D eigenvalue weighted by atomic mass is 9.91. The average Bonchev–Trinajstić information content (AvgIpc) is 1.85. The van der Waals surface area contributed by atoms with Gasteiger partial charge in [0.05, 0.1) is 6.21 Å². The Labute approximate surface area is 59.9 Å². The summed E-state index contributed by atoms with van der Waals surface area (Å²) in [5, 5.41) is 17.2. The fourth-order valence-corrected chi connectivity index (χ4v) is 0.430. The molecular weight excluding hydrogens is 132 g/mol. The molecule has 0 aromatic heterocycles. The van der Waals surface area contributed by atoms with E-state index in [1.807, 2.05) is 0 Å². The molecule has 0 aromatic carbocycles. The molecule has 0 aliphatic rings. The van der Waals surface area contributed by atoms with Crippen molar-refractivity contribution in [3.8, 4) is 0 Å². The van der Waals surface area contributed by atoms with Gasteiger partial charge in [-0.05, 0) is 0 Å². The van der Waals surface area contributed by atoms with Crippen molar-refractivity contribution in [3.63, 3.8) is 0 Å². The summed E-state index contributed by atoms with van der Waals surface area (Å²) in [6, 6.07) is 0.